The molecule has 0 rings (SSSR count). The molecule has 0 aliphatic carbocycles. The quantitative estimate of drug-likeness (QED) is 0.461. The minimum absolute atomic E-state index is 0. The molecule has 0 saturated heterocycles. The summed E-state index contributed by atoms with van der Waals surface area (Å²) in [6.45, 7) is 6.49. The van der Waals surface area contributed by atoms with Gasteiger partial charge in [-0.2, -0.15) is 8.42 Å². The van der Waals surface area contributed by atoms with Crippen molar-refractivity contribution in [1.29, 1.82) is 0 Å². The normalized spacial score (nSPS) is 17.0. The van der Waals surface area contributed by atoms with Gasteiger partial charge in [-0.3, -0.25) is 4.55 Å². The maximum absolute atomic E-state index is 11.0. The Kier molecular flexibility index (Phi) is 6.51. The van der Waals surface area contributed by atoms with Crippen LogP contribution in [0.5, 0.6) is 0 Å². The Morgan fingerprint density at radius 1 is 1.29 bits per heavy atom. The van der Waals surface area contributed by atoms with Gasteiger partial charge in [-0.1, -0.05) is 34.1 Å². The van der Waals surface area contributed by atoms with Crippen LogP contribution in [-0.4, -0.2) is 23.0 Å². The van der Waals surface area contributed by atoms with Crippen LogP contribution in [0.25, 0.3) is 0 Å². The minimum Gasteiger partial charge on any atom is -1.00 e. The van der Waals surface area contributed by atoms with E-state index in [2.05, 4.69) is 0 Å². The van der Waals surface area contributed by atoms with Crippen molar-refractivity contribution >= 4 is 10.1 Å². The molecule has 1 atom stereocenters. The second-order valence-corrected chi connectivity index (χ2v) is 5.88. The Morgan fingerprint density at radius 2 is 1.64 bits per heavy atom. The van der Waals surface area contributed by atoms with Crippen LogP contribution in [-0.2, 0) is 10.1 Å². The average molecular weight is 234 g/mol. The number of hydrogen-bond acceptors (Lipinski definition) is 3. The van der Waals surface area contributed by atoms with Crippen molar-refractivity contribution in [3.05, 3.63) is 0 Å². The number of rotatable bonds is 3. The van der Waals surface area contributed by atoms with Gasteiger partial charge in [-0.25, -0.2) is 0 Å². The van der Waals surface area contributed by atoms with Crippen LogP contribution in [0.3, 0.4) is 0 Å². The molecule has 0 bridgehead atoms. The van der Waals surface area contributed by atoms with Crippen molar-refractivity contribution in [2.45, 2.75) is 45.5 Å². The Hall–Kier alpha value is 0.870. The summed E-state index contributed by atoms with van der Waals surface area (Å²) in [6.07, 6.45) is 0.531. The second kappa shape index (κ2) is 5.27. The molecule has 2 N–H and O–H groups in total. The molecule has 6 heteroatoms. The van der Waals surface area contributed by atoms with E-state index in [4.69, 9.17) is 4.55 Å². The second-order valence-electron chi connectivity index (χ2n) is 4.26. The van der Waals surface area contributed by atoms with Gasteiger partial charge in [0.15, 0.2) is 4.93 Å². The van der Waals surface area contributed by atoms with Crippen LogP contribution in [0, 0.1) is 5.41 Å². The molecular formula is C8H19NaO4S. The van der Waals surface area contributed by atoms with Crippen molar-refractivity contribution in [3.8, 4) is 0 Å². The van der Waals surface area contributed by atoms with Crippen LogP contribution in [0.4, 0.5) is 0 Å². The van der Waals surface area contributed by atoms with Gasteiger partial charge in [0.25, 0.3) is 10.1 Å². The third-order valence-electron chi connectivity index (χ3n) is 2.19. The zero-order chi connectivity index (χ0) is 10.9. The monoisotopic (exact) mass is 234 g/mol. The summed E-state index contributed by atoms with van der Waals surface area (Å²) in [6, 6.07) is 0. The first-order valence-electron chi connectivity index (χ1n) is 4.25. The fourth-order valence-corrected chi connectivity index (χ4v) is 2.47. The standard InChI is InChI=1S/C8H18O4S.Na.H/c1-5-6-8(9,7(2,3)4)13(10,11)12;;/h9H,5-6H2,1-4H3,(H,10,11,12);;/q;+1;-1. The van der Waals surface area contributed by atoms with Gasteiger partial charge in [0.05, 0.1) is 0 Å². The molecule has 0 spiro atoms. The molecule has 0 radical (unpaired) electrons. The van der Waals surface area contributed by atoms with Gasteiger partial charge in [0, 0.05) is 5.41 Å². The molecule has 0 saturated carbocycles. The van der Waals surface area contributed by atoms with E-state index in [0.29, 0.717) is 6.42 Å². The van der Waals surface area contributed by atoms with Crippen LogP contribution in [0.15, 0.2) is 0 Å². The van der Waals surface area contributed by atoms with E-state index in [-0.39, 0.29) is 37.4 Å². The minimum atomic E-state index is -4.43. The smallest absolute Gasteiger partial charge is 1.00 e. The number of aliphatic hydroxyl groups is 1. The fourth-order valence-electron chi connectivity index (χ4n) is 1.23. The summed E-state index contributed by atoms with van der Waals surface area (Å²) >= 11 is 0. The fraction of sp³-hybridized carbons (Fsp3) is 1.00. The summed E-state index contributed by atoms with van der Waals surface area (Å²) in [7, 11) is -4.43. The molecule has 0 aromatic heterocycles. The Balaban J connectivity index is -0.000000720. The molecule has 0 fully saturated rings. The number of hydrogen-bond donors (Lipinski definition) is 2. The third-order valence-corrected chi connectivity index (χ3v) is 3.86. The van der Waals surface area contributed by atoms with Gasteiger partial charge in [-0.05, 0) is 6.42 Å². The van der Waals surface area contributed by atoms with E-state index in [9.17, 15) is 13.5 Å². The van der Waals surface area contributed by atoms with Crippen molar-refractivity contribution in [2.24, 2.45) is 5.41 Å². The van der Waals surface area contributed by atoms with Gasteiger partial charge in [0.2, 0.25) is 0 Å². The summed E-state index contributed by atoms with van der Waals surface area (Å²) in [5.41, 5.74) is -0.892. The average Bonchev–Trinajstić information content (AvgIpc) is 1.82. The maximum atomic E-state index is 11.0. The van der Waals surface area contributed by atoms with Gasteiger partial charge < -0.3 is 6.53 Å². The van der Waals surface area contributed by atoms with E-state index in [0.717, 1.165) is 0 Å². The van der Waals surface area contributed by atoms with Crippen LogP contribution >= 0.6 is 0 Å². The predicted octanol–water partition coefficient (Wildman–Crippen LogP) is -1.47. The van der Waals surface area contributed by atoms with Crippen molar-refractivity contribution < 1.29 is 49.1 Å². The summed E-state index contributed by atoms with van der Waals surface area (Å²) in [4.78, 5) is -2.05. The molecule has 0 aliphatic rings. The Morgan fingerprint density at radius 3 is 1.71 bits per heavy atom. The molecule has 1 unspecified atom stereocenters. The molecule has 4 nitrogen and oxygen atoms in total. The van der Waals surface area contributed by atoms with E-state index >= 15 is 0 Å². The summed E-state index contributed by atoms with van der Waals surface area (Å²) in [5, 5.41) is 9.85. The Labute approximate surface area is 110 Å². The van der Waals surface area contributed by atoms with Crippen molar-refractivity contribution in [1.82, 2.24) is 0 Å². The molecule has 0 aromatic rings. The van der Waals surface area contributed by atoms with E-state index in [1.165, 1.54) is 0 Å². The van der Waals surface area contributed by atoms with E-state index < -0.39 is 20.5 Å². The molecular weight excluding hydrogens is 215 g/mol. The third kappa shape index (κ3) is 3.47. The molecule has 82 valence electrons. The largest absolute Gasteiger partial charge is 1.00 e. The van der Waals surface area contributed by atoms with E-state index in [1.807, 2.05) is 0 Å². The Bertz CT molecular complexity index is 273. The first-order valence-corrected chi connectivity index (χ1v) is 5.69. The first kappa shape index (κ1) is 17.3. The first-order chi connectivity index (χ1) is 5.56. The molecule has 14 heavy (non-hydrogen) atoms. The topological polar surface area (TPSA) is 74.6 Å². The predicted molar refractivity (Wildman–Crippen MR) is 52.0 cm³/mol. The van der Waals surface area contributed by atoms with Crippen LogP contribution < -0.4 is 29.6 Å². The molecule has 0 amide bonds. The summed E-state index contributed by atoms with van der Waals surface area (Å²) < 4.78 is 30.9. The van der Waals surface area contributed by atoms with Crippen molar-refractivity contribution in [3.63, 3.8) is 0 Å². The van der Waals surface area contributed by atoms with E-state index in [1.54, 1.807) is 27.7 Å². The van der Waals surface area contributed by atoms with Crippen molar-refractivity contribution in [2.75, 3.05) is 0 Å². The van der Waals surface area contributed by atoms with Gasteiger partial charge >= 0.3 is 29.6 Å². The maximum Gasteiger partial charge on any atom is 1.00 e. The molecule has 0 aromatic carbocycles. The summed E-state index contributed by atoms with van der Waals surface area (Å²) in [5.74, 6) is 0. The SMILES string of the molecule is CCCC(O)(C(C)(C)C)S(=O)(=O)O.[H-].[Na+]. The zero-order valence-electron chi connectivity index (χ0n) is 10.5. The van der Waals surface area contributed by atoms with Gasteiger partial charge in [0.1, 0.15) is 0 Å². The zero-order valence-corrected chi connectivity index (χ0v) is 12.3. The molecule has 0 heterocycles. The molecule has 0 aliphatic heterocycles. The van der Waals surface area contributed by atoms with Gasteiger partial charge in [-0.15, -0.1) is 0 Å². The van der Waals surface area contributed by atoms with Crippen LogP contribution in [0.1, 0.15) is 42.0 Å². The van der Waals surface area contributed by atoms with Crippen LogP contribution in [0.2, 0.25) is 0 Å².